The number of amides is 1. The van der Waals surface area contributed by atoms with E-state index in [0.717, 1.165) is 23.0 Å². The Morgan fingerprint density at radius 2 is 1.79 bits per heavy atom. The summed E-state index contributed by atoms with van der Waals surface area (Å²) in [4.78, 5) is 24.5. The topological polar surface area (TPSA) is 100 Å². The number of carbonyl (C=O) groups is 1. The highest BCUT2D eigenvalue weighted by Gasteiger charge is 2.17. The summed E-state index contributed by atoms with van der Waals surface area (Å²) in [5, 5.41) is 12.3. The number of para-hydroxylation sites is 1. The average Bonchev–Trinajstić information content (AvgIpc) is 3.11. The Hall–Kier alpha value is -3.74. The molecule has 7 nitrogen and oxygen atoms in total. The lowest BCUT2D eigenvalue weighted by atomic mass is 10.1. The Bertz CT molecular complexity index is 1280. The molecular weight excluding hydrogens is 356 g/mol. The molecule has 0 aliphatic heterocycles. The molecule has 2 N–H and O–H groups in total. The molecule has 4 rings (SSSR count). The van der Waals surface area contributed by atoms with Crippen molar-refractivity contribution in [3.63, 3.8) is 0 Å². The van der Waals surface area contributed by atoms with E-state index in [2.05, 4.69) is 20.7 Å². The van der Waals surface area contributed by atoms with Crippen molar-refractivity contribution >= 4 is 33.4 Å². The number of H-pyrrole nitrogens is 1. The number of aryl methyl sites for hydroxylation is 1. The third-order valence-corrected chi connectivity index (χ3v) is 4.62. The fourth-order valence-electron chi connectivity index (χ4n) is 3.27. The highest BCUT2D eigenvalue weighted by atomic mass is 16.3. The maximum absolute atomic E-state index is 12.6. The normalized spacial score (nSPS) is 11.9. The second-order valence-electron chi connectivity index (χ2n) is 6.34. The van der Waals surface area contributed by atoms with Crippen LogP contribution in [0.3, 0.4) is 0 Å². The summed E-state index contributed by atoms with van der Waals surface area (Å²) in [5.41, 5.74) is 4.64. The minimum atomic E-state index is -0.513. The molecular formula is C21H18N4O3. The van der Waals surface area contributed by atoms with E-state index in [4.69, 9.17) is 4.42 Å². The van der Waals surface area contributed by atoms with Crippen LogP contribution in [0, 0.1) is 0 Å². The standard InChI is InChI=1S/C21H18N4O3/c1-3-13-14-8-6-7-11-17(14)28-19(13)12(2)22-25-21(27)18-15-9-4-5-10-16(15)20(26)24-23-18/h4-11H,3H2,1-2H3,(H,24,26)(H,25,27)/b22-12-. The van der Waals surface area contributed by atoms with Crippen molar-refractivity contribution in [3.05, 3.63) is 75.9 Å². The van der Waals surface area contributed by atoms with Gasteiger partial charge in [-0.3, -0.25) is 9.59 Å². The maximum Gasteiger partial charge on any atom is 0.292 e. The van der Waals surface area contributed by atoms with Crippen molar-refractivity contribution < 1.29 is 9.21 Å². The van der Waals surface area contributed by atoms with Crippen molar-refractivity contribution in [2.75, 3.05) is 0 Å². The van der Waals surface area contributed by atoms with E-state index in [9.17, 15) is 9.59 Å². The van der Waals surface area contributed by atoms with Gasteiger partial charge in [-0.15, -0.1) is 0 Å². The van der Waals surface area contributed by atoms with E-state index in [-0.39, 0.29) is 11.3 Å². The number of aromatic amines is 1. The third-order valence-electron chi connectivity index (χ3n) is 4.62. The molecule has 0 spiro atoms. The molecule has 0 fully saturated rings. The maximum atomic E-state index is 12.6. The minimum Gasteiger partial charge on any atom is -0.454 e. The molecule has 0 bridgehead atoms. The minimum absolute atomic E-state index is 0.104. The number of hydrazone groups is 1. The first-order chi connectivity index (χ1) is 13.6. The molecule has 0 atom stereocenters. The van der Waals surface area contributed by atoms with E-state index in [1.807, 2.05) is 31.2 Å². The van der Waals surface area contributed by atoms with Crippen molar-refractivity contribution in [2.45, 2.75) is 20.3 Å². The van der Waals surface area contributed by atoms with Crippen LogP contribution in [0.1, 0.15) is 35.7 Å². The molecule has 2 heterocycles. The van der Waals surface area contributed by atoms with Crippen molar-refractivity contribution in [3.8, 4) is 0 Å². The second kappa shape index (κ2) is 7.11. The summed E-state index contributed by atoms with van der Waals surface area (Å²) in [6.45, 7) is 3.82. The van der Waals surface area contributed by atoms with Gasteiger partial charge in [0.25, 0.3) is 11.5 Å². The molecule has 0 saturated heterocycles. The number of rotatable bonds is 4. The number of hydrogen-bond acceptors (Lipinski definition) is 5. The van der Waals surface area contributed by atoms with Crippen LogP contribution in [0.5, 0.6) is 0 Å². The third kappa shape index (κ3) is 2.96. The quantitative estimate of drug-likeness (QED) is 0.422. The summed E-state index contributed by atoms with van der Waals surface area (Å²) in [5.74, 6) is 0.129. The number of nitrogens with zero attached hydrogens (tertiary/aromatic N) is 2. The van der Waals surface area contributed by atoms with Gasteiger partial charge in [0.1, 0.15) is 11.3 Å². The molecule has 28 heavy (non-hydrogen) atoms. The highest BCUT2D eigenvalue weighted by molar-refractivity contribution is 6.06. The molecule has 140 valence electrons. The van der Waals surface area contributed by atoms with Crippen LogP contribution in [0.25, 0.3) is 21.7 Å². The number of nitrogens with one attached hydrogen (secondary N) is 2. The number of fused-ring (bicyclic) bond motifs is 2. The van der Waals surface area contributed by atoms with E-state index >= 15 is 0 Å². The van der Waals surface area contributed by atoms with Crippen LogP contribution >= 0.6 is 0 Å². The average molecular weight is 374 g/mol. The lowest BCUT2D eigenvalue weighted by molar-refractivity contribution is 0.0950. The van der Waals surface area contributed by atoms with Gasteiger partial charge in [0.2, 0.25) is 0 Å². The summed E-state index contributed by atoms with van der Waals surface area (Å²) in [6.07, 6.45) is 0.777. The van der Waals surface area contributed by atoms with E-state index < -0.39 is 5.91 Å². The number of carbonyl (C=O) groups excluding carboxylic acids is 1. The van der Waals surface area contributed by atoms with Gasteiger partial charge in [0.15, 0.2) is 11.5 Å². The Morgan fingerprint density at radius 1 is 1.11 bits per heavy atom. The highest BCUT2D eigenvalue weighted by Crippen LogP contribution is 2.26. The molecule has 0 aliphatic rings. The van der Waals surface area contributed by atoms with Gasteiger partial charge in [0.05, 0.1) is 5.39 Å². The second-order valence-corrected chi connectivity index (χ2v) is 6.34. The van der Waals surface area contributed by atoms with Crippen molar-refractivity contribution in [1.82, 2.24) is 15.6 Å². The lowest BCUT2D eigenvalue weighted by Crippen LogP contribution is -2.23. The zero-order chi connectivity index (χ0) is 19.7. The van der Waals surface area contributed by atoms with Gasteiger partial charge < -0.3 is 4.42 Å². The fourth-order valence-corrected chi connectivity index (χ4v) is 3.27. The Morgan fingerprint density at radius 3 is 2.54 bits per heavy atom. The number of aromatic nitrogens is 2. The van der Waals surface area contributed by atoms with Crippen LogP contribution in [0.15, 0.2) is 62.8 Å². The zero-order valence-electron chi connectivity index (χ0n) is 15.4. The first-order valence-electron chi connectivity index (χ1n) is 8.93. The summed E-state index contributed by atoms with van der Waals surface area (Å²) in [7, 11) is 0. The molecule has 1 amide bonds. The lowest BCUT2D eigenvalue weighted by Gasteiger charge is -2.04. The van der Waals surface area contributed by atoms with Crippen LogP contribution in [-0.2, 0) is 6.42 Å². The first-order valence-corrected chi connectivity index (χ1v) is 8.93. The summed E-state index contributed by atoms with van der Waals surface area (Å²) < 4.78 is 5.93. The van der Waals surface area contributed by atoms with Crippen LogP contribution in [-0.4, -0.2) is 21.8 Å². The number of furan rings is 1. The van der Waals surface area contributed by atoms with Gasteiger partial charge in [-0.1, -0.05) is 43.3 Å². The molecule has 0 saturated carbocycles. The molecule has 0 radical (unpaired) electrons. The summed E-state index contributed by atoms with van der Waals surface area (Å²) in [6, 6.07) is 14.6. The Labute approximate surface area is 160 Å². The zero-order valence-corrected chi connectivity index (χ0v) is 15.4. The number of hydrogen-bond donors (Lipinski definition) is 2. The van der Waals surface area contributed by atoms with Gasteiger partial charge in [-0.05, 0) is 25.5 Å². The Balaban J connectivity index is 1.67. The van der Waals surface area contributed by atoms with Crippen molar-refractivity contribution in [1.29, 1.82) is 0 Å². The van der Waals surface area contributed by atoms with Crippen LogP contribution < -0.4 is 11.0 Å². The van der Waals surface area contributed by atoms with Crippen LogP contribution in [0.4, 0.5) is 0 Å². The predicted octanol–water partition coefficient (Wildman–Crippen LogP) is 3.39. The smallest absolute Gasteiger partial charge is 0.292 e. The van der Waals surface area contributed by atoms with E-state index in [1.54, 1.807) is 31.2 Å². The Kier molecular flexibility index (Phi) is 4.49. The molecule has 0 unspecified atom stereocenters. The molecule has 4 aromatic rings. The largest absolute Gasteiger partial charge is 0.454 e. The fraction of sp³-hybridized carbons (Fsp3) is 0.143. The van der Waals surface area contributed by atoms with Gasteiger partial charge in [0, 0.05) is 16.3 Å². The SMILES string of the molecule is CCc1c(/C(C)=N\NC(=O)c2n[nH]c(=O)c3ccccc23)oc2ccccc12. The van der Waals surface area contributed by atoms with E-state index in [0.29, 0.717) is 22.2 Å². The van der Waals surface area contributed by atoms with Gasteiger partial charge in [-0.2, -0.15) is 10.2 Å². The first kappa shape index (κ1) is 17.7. The monoisotopic (exact) mass is 374 g/mol. The summed E-state index contributed by atoms with van der Waals surface area (Å²) >= 11 is 0. The van der Waals surface area contributed by atoms with Gasteiger partial charge >= 0.3 is 0 Å². The molecule has 7 heteroatoms. The number of benzene rings is 2. The predicted molar refractivity (Wildman–Crippen MR) is 108 cm³/mol. The van der Waals surface area contributed by atoms with Gasteiger partial charge in [-0.25, -0.2) is 10.5 Å². The van der Waals surface area contributed by atoms with E-state index in [1.165, 1.54) is 0 Å². The molecule has 2 aromatic heterocycles. The van der Waals surface area contributed by atoms with Crippen LogP contribution in [0.2, 0.25) is 0 Å². The molecule has 0 aliphatic carbocycles. The molecule has 2 aromatic carbocycles. The van der Waals surface area contributed by atoms with Crippen molar-refractivity contribution in [2.24, 2.45) is 5.10 Å².